The van der Waals surface area contributed by atoms with E-state index >= 15 is 0 Å². The Morgan fingerprint density at radius 3 is 2.62 bits per heavy atom. The van der Waals surface area contributed by atoms with Crippen LogP contribution in [0.4, 0.5) is 13.9 Å². The summed E-state index contributed by atoms with van der Waals surface area (Å²) in [6.45, 7) is 3.73. The second-order valence-corrected chi connectivity index (χ2v) is 9.73. The van der Waals surface area contributed by atoms with Gasteiger partial charge < -0.3 is 20.1 Å². The molecule has 0 amide bonds. The Balaban J connectivity index is 1.60. The molecule has 2 bridgehead atoms. The number of anilines is 1. The summed E-state index contributed by atoms with van der Waals surface area (Å²) in [7, 11) is 0. The third-order valence-corrected chi connectivity index (χ3v) is 7.08. The molecule has 2 atom stereocenters. The van der Waals surface area contributed by atoms with Gasteiger partial charge in [-0.15, -0.1) is 11.3 Å². The smallest absolute Gasteiger partial charge is 0.426 e. The zero-order valence-electron chi connectivity index (χ0n) is 15.9. The van der Waals surface area contributed by atoms with Crippen molar-refractivity contribution >= 4 is 38.0 Å². The summed E-state index contributed by atoms with van der Waals surface area (Å²) in [5.74, 6) is -0.0473. The minimum Gasteiger partial charge on any atom is -0.428 e. The van der Waals surface area contributed by atoms with Gasteiger partial charge in [0.15, 0.2) is 16.5 Å². The molecule has 6 nitrogen and oxygen atoms in total. The second-order valence-electron chi connectivity index (χ2n) is 8.04. The summed E-state index contributed by atoms with van der Waals surface area (Å²) in [5, 5.41) is 16.0. The summed E-state index contributed by atoms with van der Waals surface area (Å²) < 4.78 is 34.6. The van der Waals surface area contributed by atoms with Crippen molar-refractivity contribution in [3.05, 3.63) is 23.0 Å². The largest absolute Gasteiger partial charge is 0.428 e. The molecule has 2 unspecified atom stereocenters. The fourth-order valence-corrected chi connectivity index (χ4v) is 5.34. The summed E-state index contributed by atoms with van der Waals surface area (Å²) in [5.41, 5.74) is 1.39. The van der Waals surface area contributed by atoms with Crippen LogP contribution in [-0.2, 0) is 0 Å². The quantitative estimate of drug-likeness (QED) is 0.633. The number of rotatable bonds is 5. The average molecular weight is 439 g/mol. The monoisotopic (exact) mass is 438 g/mol. The number of ether oxygens (including phenoxy) is 1. The molecule has 29 heavy (non-hydrogen) atoms. The lowest BCUT2D eigenvalue weighted by Gasteiger charge is -2.48. The molecule has 2 N–H and O–H groups in total. The number of nitrogens with one attached hydrogen (secondary N) is 1. The average Bonchev–Trinajstić information content (AvgIpc) is 3.30. The molecule has 5 heterocycles. The van der Waals surface area contributed by atoms with Crippen molar-refractivity contribution in [1.82, 2.24) is 15.3 Å². The standard InChI is InChI=1S/C19H20F2N4O2S2/c1-18(2,26)19(20,21)27-14-4-3-12(13-8-28-9-22-13)16-15(14)24-17(29-16)25-6-10-5-11(7-25)23-10/h3-4,8-11,23,26H,5-7H2,1-2H3. The predicted octanol–water partition coefficient (Wildman–Crippen LogP) is 3.71. The van der Waals surface area contributed by atoms with Crippen LogP contribution in [0.5, 0.6) is 5.75 Å². The number of aromatic nitrogens is 2. The van der Waals surface area contributed by atoms with Crippen LogP contribution in [0.1, 0.15) is 20.3 Å². The molecular formula is C19H20F2N4O2S2. The van der Waals surface area contributed by atoms with Crippen LogP contribution in [0, 0.1) is 0 Å². The number of thiazole rings is 2. The van der Waals surface area contributed by atoms with Crippen LogP contribution in [-0.4, -0.2) is 52.0 Å². The van der Waals surface area contributed by atoms with Crippen molar-refractivity contribution in [3.63, 3.8) is 0 Å². The highest BCUT2D eigenvalue weighted by Crippen LogP contribution is 2.43. The van der Waals surface area contributed by atoms with Crippen LogP contribution >= 0.6 is 22.7 Å². The lowest BCUT2D eigenvalue weighted by atomic mass is 9.92. The molecule has 10 heteroatoms. The fourth-order valence-electron chi connectivity index (χ4n) is 3.67. The Morgan fingerprint density at radius 1 is 1.28 bits per heavy atom. The van der Waals surface area contributed by atoms with E-state index in [4.69, 9.17) is 4.74 Å². The lowest BCUT2D eigenvalue weighted by molar-refractivity contribution is -0.275. The molecule has 154 valence electrons. The zero-order valence-corrected chi connectivity index (χ0v) is 17.5. The van der Waals surface area contributed by atoms with Crippen LogP contribution in [0.15, 0.2) is 23.0 Å². The molecule has 1 aromatic carbocycles. The van der Waals surface area contributed by atoms with Crippen molar-refractivity contribution in [3.8, 4) is 17.0 Å². The summed E-state index contributed by atoms with van der Waals surface area (Å²) in [6, 6.07) is 4.11. The molecule has 3 aliphatic heterocycles. The Morgan fingerprint density at radius 2 is 2.00 bits per heavy atom. The number of alkyl halides is 2. The number of piperazine rings is 1. The second kappa shape index (κ2) is 6.56. The highest BCUT2D eigenvalue weighted by molar-refractivity contribution is 7.22. The molecule has 0 radical (unpaired) electrons. The molecule has 6 rings (SSSR count). The summed E-state index contributed by atoms with van der Waals surface area (Å²) >= 11 is 2.93. The van der Waals surface area contributed by atoms with Gasteiger partial charge in [0.05, 0.1) is 15.9 Å². The van der Waals surface area contributed by atoms with Crippen molar-refractivity contribution in [2.24, 2.45) is 0 Å². The molecule has 2 aromatic heterocycles. The van der Waals surface area contributed by atoms with E-state index < -0.39 is 11.7 Å². The third-order valence-electron chi connectivity index (χ3n) is 5.35. The Labute approximate surface area is 174 Å². The first-order chi connectivity index (χ1) is 13.7. The number of fused-ring (bicyclic) bond motifs is 3. The highest BCUT2D eigenvalue weighted by Gasteiger charge is 2.49. The Hall–Kier alpha value is -1.88. The number of nitrogens with zero attached hydrogens (tertiary/aromatic N) is 3. The fraction of sp³-hybridized carbons (Fsp3) is 0.474. The van der Waals surface area contributed by atoms with E-state index in [0.29, 0.717) is 17.6 Å². The maximum atomic E-state index is 14.4. The first kappa shape index (κ1) is 19.1. The number of hydrogen-bond donors (Lipinski definition) is 2. The van der Waals surface area contributed by atoms with Crippen molar-refractivity contribution in [2.45, 2.75) is 44.1 Å². The summed E-state index contributed by atoms with van der Waals surface area (Å²) in [6.07, 6.45) is -2.60. The maximum absolute atomic E-state index is 14.4. The van der Waals surface area contributed by atoms with Crippen molar-refractivity contribution in [2.75, 3.05) is 18.0 Å². The number of aliphatic hydroxyl groups is 1. The molecular weight excluding hydrogens is 418 g/mol. The third kappa shape index (κ3) is 3.27. The van der Waals surface area contributed by atoms with E-state index in [0.717, 1.165) is 54.4 Å². The maximum Gasteiger partial charge on any atom is 0.426 e. The predicted molar refractivity (Wildman–Crippen MR) is 110 cm³/mol. The van der Waals surface area contributed by atoms with Gasteiger partial charge in [0, 0.05) is 36.1 Å². The molecule has 0 saturated carbocycles. The van der Waals surface area contributed by atoms with Crippen molar-refractivity contribution in [1.29, 1.82) is 0 Å². The van der Waals surface area contributed by atoms with Gasteiger partial charge >= 0.3 is 6.11 Å². The normalized spacial score (nSPS) is 22.0. The van der Waals surface area contributed by atoms with Gasteiger partial charge in [-0.1, -0.05) is 11.3 Å². The van der Waals surface area contributed by atoms with Gasteiger partial charge in [-0.25, -0.2) is 9.97 Å². The molecule has 3 fully saturated rings. The molecule has 0 spiro atoms. The van der Waals surface area contributed by atoms with E-state index in [9.17, 15) is 13.9 Å². The first-order valence-electron chi connectivity index (χ1n) is 9.33. The molecule has 3 aromatic rings. The van der Waals surface area contributed by atoms with Crippen LogP contribution < -0.4 is 15.0 Å². The van der Waals surface area contributed by atoms with Crippen LogP contribution in [0.25, 0.3) is 21.5 Å². The number of halogens is 2. The summed E-state index contributed by atoms with van der Waals surface area (Å²) in [4.78, 5) is 11.2. The van der Waals surface area contributed by atoms with E-state index in [2.05, 4.69) is 20.2 Å². The van der Waals surface area contributed by atoms with Gasteiger partial charge in [0.1, 0.15) is 5.52 Å². The SMILES string of the molecule is CC(C)(O)C(F)(F)Oc1ccc(-c2cscn2)c2sc(N3CC4CC(C3)N4)nc12. The minimum atomic E-state index is -3.76. The van der Waals surface area contributed by atoms with Gasteiger partial charge in [-0.3, -0.25) is 0 Å². The van der Waals surface area contributed by atoms with E-state index in [1.54, 1.807) is 11.6 Å². The van der Waals surface area contributed by atoms with E-state index in [1.165, 1.54) is 28.7 Å². The van der Waals surface area contributed by atoms with E-state index in [1.807, 2.05) is 5.38 Å². The zero-order chi connectivity index (χ0) is 20.4. The van der Waals surface area contributed by atoms with Gasteiger partial charge in [0.25, 0.3) is 0 Å². The molecule has 0 aliphatic carbocycles. The van der Waals surface area contributed by atoms with Gasteiger partial charge in [-0.05, 0) is 32.4 Å². The molecule has 3 saturated heterocycles. The van der Waals surface area contributed by atoms with Crippen LogP contribution in [0.3, 0.4) is 0 Å². The topological polar surface area (TPSA) is 70.5 Å². The number of piperidine rings is 1. The first-order valence-corrected chi connectivity index (χ1v) is 11.1. The number of benzene rings is 1. The highest BCUT2D eigenvalue weighted by atomic mass is 32.1. The van der Waals surface area contributed by atoms with E-state index in [-0.39, 0.29) is 5.75 Å². The molecule has 3 aliphatic rings. The van der Waals surface area contributed by atoms with Gasteiger partial charge in [0.2, 0.25) is 0 Å². The Bertz CT molecular complexity index is 1030. The van der Waals surface area contributed by atoms with Gasteiger partial charge in [-0.2, -0.15) is 8.78 Å². The Kier molecular flexibility index (Phi) is 4.32. The number of hydrogen-bond acceptors (Lipinski definition) is 8. The minimum absolute atomic E-state index is 0.0473. The van der Waals surface area contributed by atoms with Crippen LogP contribution in [0.2, 0.25) is 0 Å². The van der Waals surface area contributed by atoms with Crippen molar-refractivity contribution < 1.29 is 18.6 Å². The lowest BCUT2D eigenvalue weighted by Crippen LogP contribution is -2.67.